The number of ether oxygens (including phenoxy) is 2. The van der Waals surface area contributed by atoms with Gasteiger partial charge in [0, 0.05) is 26.4 Å². The molecular weight excluding hydrogens is 416 g/mol. The smallest absolute Gasteiger partial charge is 0.303 e. The molecule has 0 radical (unpaired) electrons. The Kier molecular flexibility index (Phi) is 16.7. The molecule has 0 saturated heterocycles. The molecule has 0 aromatic heterocycles. The van der Waals surface area contributed by atoms with Crippen LogP contribution in [0.1, 0.15) is 111 Å². The van der Waals surface area contributed by atoms with Crippen molar-refractivity contribution >= 4 is 11.9 Å². The normalized spacial score (nSPS) is 20.7. The van der Waals surface area contributed by atoms with Crippen LogP contribution >= 0.6 is 0 Å². The van der Waals surface area contributed by atoms with Crippen LogP contribution in [-0.2, 0) is 19.1 Å². The Morgan fingerprint density at radius 1 is 0.879 bits per heavy atom. The molecule has 0 heterocycles. The maximum atomic E-state index is 11.7. The second-order valence-electron chi connectivity index (χ2n) is 9.45. The van der Waals surface area contributed by atoms with Crippen LogP contribution in [0.3, 0.4) is 0 Å². The molecule has 5 heteroatoms. The summed E-state index contributed by atoms with van der Waals surface area (Å²) in [7, 11) is 0. The lowest BCUT2D eigenvalue weighted by molar-refractivity contribution is -0.151. The largest absolute Gasteiger partial charge is 0.462 e. The molecule has 5 nitrogen and oxygen atoms in total. The fourth-order valence-corrected chi connectivity index (χ4v) is 4.85. The lowest BCUT2D eigenvalue weighted by Gasteiger charge is -2.35. The first-order valence-corrected chi connectivity index (χ1v) is 13.3. The SMILES string of the molecule is CCCCCCCCC(/C=C/C=C/[C@@H]1CCCC[C@H]1C(CCCCO)OC(C)=O)OC(C)=O. The van der Waals surface area contributed by atoms with Gasteiger partial charge in [-0.3, -0.25) is 9.59 Å². The average Bonchev–Trinajstić information content (AvgIpc) is 2.78. The number of hydrogen-bond acceptors (Lipinski definition) is 5. The van der Waals surface area contributed by atoms with Crippen molar-refractivity contribution in [1.82, 2.24) is 0 Å². The summed E-state index contributed by atoms with van der Waals surface area (Å²) in [6.07, 6.45) is 23.1. The molecule has 2 unspecified atom stereocenters. The monoisotopic (exact) mass is 464 g/mol. The zero-order valence-corrected chi connectivity index (χ0v) is 21.3. The molecule has 0 spiro atoms. The lowest BCUT2D eigenvalue weighted by atomic mass is 9.75. The number of hydrogen-bond donors (Lipinski definition) is 1. The van der Waals surface area contributed by atoms with Gasteiger partial charge in [0.05, 0.1) is 0 Å². The van der Waals surface area contributed by atoms with Gasteiger partial charge in [-0.15, -0.1) is 0 Å². The molecule has 1 aliphatic rings. The van der Waals surface area contributed by atoms with Crippen LogP contribution in [0.15, 0.2) is 24.3 Å². The van der Waals surface area contributed by atoms with Crippen LogP contribution in [0.2, 0.25) is 0 Å². The van der Waals surface area contributed by atoms with E-state index in [1.54, 1.807) is 0 Å². The van der Waals surface area contributed by atoms with E-state index in [1.165, 1.54) is 52.4 Å². The molecule has 0 aromatic carbocycles. The van der Waals surface area contributed by atoms with Crippen LogP contribution in [0.5, 0.6) is 0 Å². The highest BCUT2D eigenvalue weighted by Crippen LogP contribution is 2.36. The summed E-state index contributed by atoms with van der Waals surface area (Å²) in [6, 6.07) is 0. The maximum Gasteiger partial charge on any atom is 0.303 e. The van der Waals surface area contributed by atoms with E-state index in [-0.39, 0.29) is 30.8 Å². The van der Waals surface area contributed by atoms with Crippen molar-refractivity contribution in [1.29, 1.82) is 0 Å². The van der Waals surface area contributed by atoms with Crippen LogP contribution < -0.4 is 0 Å². The van der Waals surface area contributed by atoms with E-state index < -0.39 is 0 Å². The highest BCUT2D eigenvalue weighted by molar-refractivity contribution is 5.66. The van der Waals surface area contributed by atoms with Gasteiger partial charge in [-0.2, -0.15) is 0 Å². The molecule has 1 fully saturated rings. The Hall–Kier alpha value is -1.62. The van der Waals surface area contributed by atoms with Gasteiger partial charge >= 0.3 is 11.9 Å². The van der Waals surface area contributed by atoms with Crippen LogP contribution in [0.25, 0.3) is 0 Å². The first-order chi connectivity index (χ1) is 16.0. The number of aliphatic hydroxyl groups excluding tert-OH is 1. The van der Waals surface area contributed by atoms with Crippen molar-refractivity contribution in [3.05, 3.63) is 24.3 Å². The highest BCUT2D eigenvalue weighted by atomic mass is 16.5. The summed E-state index contributed by atoms with van der Waals surface area (Å²) in [5.41, 5.74) is 0. The number of carbonyl (C=O) groups excluding carboxylic acids is 2. The Balaban J connectivity index is 2.66. The lowest BCUT2D eigenvalue weighted by Crippen LogP contribution is -2.33. The summed E-state index contributed by atoms with van der Waals surface area (Å²) in [5.74, 6) is 0.223. The second-order valence-corrected chi connectivity index (χ2v) is 9.45. The molecule has 0 aromatic rings. The van der Waals surface area contributed by atoms with Crippen LogP contribution in [0.4, 0.5) is 0 Å². The summed E-state index contributed by atoms with van der Waals surface area (Å²) >= 11 is 0. The van der Waals surface area contributed by atoms with Crippen molar-refractivity contribution in [2.24, 2.45) is 11.8 Å². The average molecular weight is 465 g/mol. The van der Waals surface area contributed by atoms with Crippen LogP contribution in [0, 0.1) is 11.8 Å². The van der Waals surface area contributed by atoms with Crippen molar-refractivity contribution < 1.29 is 24.2 Å². The van der Waals surface area contributed by atoms with Gasteiger partial charge in [0.1, 0.15) is 12.2 Å². The van der Waals surface area contributed by atoms with E-state index in [4.69, 9.17) is 14.6 Å². The van der Waals surface area contributed by atoms with E-state index >= 15 is 0 Å². The molecular formula is C28H48O5. The third kappa shape index (κ3) is 14.3. The van der Waals surface area contributed by atoms with Gasteiger partial charge in [-0.1, -0.05) is 70.1 Å². The summed E-state index contributed by atoms with van der Waals surface area (Å²) < 4.78 is 11.2. The Morgan fingerprint density at radius 3 is 2.24 bits per heavy atom. The minimum atomic E-state index is -0.237. The number of rotatable bonds is 17. The van der Waals surface area contributed by atoms with E-state index in [0.717, 1.165) is 51.4 Å². The number of allylic oxidation sites excluding steroid dienone is 3. The highest BCUT2D eigenvalue weighted by Gasteiger charge is 2.32. The Labute approximate surface area is 202 Å². The van der Waals surface area contributed by atoms with E-state index in [1.807, 2.05) is 12.2 Å². The quantitative estimate of drug-likeness (QED) is 0.148. The molecule has 1 saturated carbocycles. The van der Waals surface area contributed by atoms with Gasteiger partial charge in [-0.05, 0) is 56.9 Å². The number of unbranched alkanes of at least 4 members (excludes halogenated alkanes) is 6. The topological polar surface area (TPSA) is 72.8 Å². The summed E-state index contributed by atoms with van der Waals surface area (Å²) in [6.45, 7) is 5.34. The second kappa shape index (κ2) is 18.8. The molecule has 4 atom stereocenters. The third-order valence-electron chi connectivity index (χ3n) is 6.52. The van der Waals surface area contributed by atoms with Crippen LogP contribution in [-0.4, -0.2) is 35.9 Å². The Bertz CT molecular complexity index is 583. The fourth-order valence-electron chi connectivity index (χ4n) is 4.85. The molecule has 1 aliphatic carbocycles. The van der Waals surface area contributed by atoms with Gasteiger partial charge < -0.3 is 14.6 Å². The first-order valence-electron chi connectivity index (χ1n) is 13.3. The van der Waals surface area contributed by atoms with Crippen molar-refractivity contribution in [3.63, 3.8) is 0 Å². The summed E-state index contributed by atoms with van der Waals surface area (Å²) in [4.78, 5) is 23.2. The zero-order valence-electron chi connectivity index (χ0n) is 21.3. The van der Waals surface area contributed by atoms with Gasteiger partial charge in [-0.25, -0.2) is 0 Å². The maximum absolute atomic E-state index is 11.7. The predicted molar refractivity (Wildman–Crippen MR) is 134 cm³/mol. The predicted octanol–water partition coefficient (Wildman–Crippen LogP) is 6.68. The van der Waals surface area contributed by atoms with E-state index in [2.05, 4.69) is 19.1 Å². The number of esters is 2. The van der Waals surface area contributed by atoms with E-state index in [0.29, 0.717) is 11.8 Å². The summed E-state index contributed by atoms with van der Waals surface area (Å²) in [5, 5.41) is 9.11. The van der Waals surface area contributed by atoms with Crippen molar-refractivity contribution in [2.45, 2.75) is 123 Å². The van der Waals surface area contributed by atoms with Gasteiger partial charge in [0.25, 0.3) is 0 Å². The molecule has 190 valence electrons. The third-order valence-corrected chi connectivity index (χ3v) is 6.52. The fraction of sp³-hybridized carbons (Fsp3) is 0.786. The molecule has 1 rings (SSSR count). The standard InChI is InChI=1S/C28H48O5/c1-4-5-6-7-8-9-18-26(32-23(2)30)19-12-10-16-25-17-11-13-20-27(25)28(33-24(3)31)21-14-15-22-29/h10,12,16,19,25-29H,4-9,11,13-15,17-18,20-22H2,1-3H3/b16-10+,19-12+/t25-,26?,27-,28?/m1/s1. The molecule has 33 heavy (non-hydrogen) atoms. The minimum Gasteiger partial charge on any atom is -0.462 e. The van der Waals surface area contributed by atoms with Crippen molar-refractivity contribution in [2.75, 3.05) is 6.61 Å². The molecule has 0 bridgehead atoms. The van der Waals surface area contributed by atoms with Gasteiger partial charge in [0.15, 0.2) is 0 Å². The first kappa shape index (κ1) is 29.4. The van der Waals surface area contributed by atoms with Crippen molar-refractivity contribution in [3.8, 4) is 0 Å². The minimum absolute atomic E-state index is 0.0884. The molecule has 0 aliphatic heterocycles. The number of carbonyl (C=O) groups is 2. The molecule has 0 amide bonds. The Morgan fingerprint density at radius 2 is 1.55 bits per heavy atom. The van der Waals surface area contributed by atoms with Gasteiger partial charge in [0.2, 0.25) is 0 Å². The zero-order chi connectivity index (χ0) is 24.3. The molecule has 1 N–H and O–H groups in total. The number of aliphatic hydroxyl groups is 1. The van der Waals surface area contributed by atoms with E-state index in [9.17, 15) is 9.59 Å².